The highest BCUT2D eigenvalue weighted by atomic mass is 15.2. The number of hydrogen-bond acceptors (Lipinski definition) is 2. The van der Waals surface area contributed by atoms with Crippen LogP contribution < -0.4 is 0 Å². The first-order chi connectivity index (χ1) is 5.86. The predicted octanol–water partition coefficient (Wildman–Crippen LogP) is 1.78. The van der Waals surface area contributed by atoms with Gasteiger partial charge in [0.2, 0.25) is 0 Å². The molecule has 0 bridgehead atoms. The second kappa shape index (κ2) is 2.77. The predicted molar refractivity (Wildman–Crippen MR) is 46.6 cm³/mol. The van der Waals surface area contributed by atoms with E-state index in [4.69, 9.17) is 0 Å². The van der Waals surface area contributed by atoms with E-state index in [0.29, 0.717) is 0 Å². The SMILES string of the molecule is Cc1cccc(-c2nc[nH]n2)c1. The van der Waals surface area contributed by atoms with E-state index in [1.165, 1.54) is 5.56 Å². The molecule has 0 fully saturated rings. The average Bonchev–Trinajstić information content (AvgIpc) is 2.56. The van der Waals surface area contributed by atoms with Crippen LogP contribution in [0.3, 0.4) is 0 Å². The summed E-state index contributed by atoms with van der Waals surface area (Å²) in [5.41, 5.74) is 2.27. The molecule has 0 atom stereocenters. The van der Waals surface area contributed by atoms with Gasteiger partial charge in [-0.15, -0.1) is 0 Å². The summed E-state index contributed by atoms with van der Waals surface area (Å²) in [5, 5.41) is 6.68. The van der Waals surface area contributed by atoms with Gasteiger partial charge in [-0.1, -0.05) is 23.8 Å². The molecule has 0 saturated carbocycles. The molecule has 12 heavy (non-hydrogen) atoms. The lowest BCUT2D eigenvalue weighted by molar-refractivity contribution is 1.09. The number of aromatic nitrogens is 3. The average molecular weight is 159 g/mol. The number of benzene rings is 1. The van der Waals surface area contributed by atoms with Gasteiger partial charge in [-0.25, -0.2) is 4.98 Å². The van der Waals surface area contributed by atoms with Crippen LogP contribution in [0.1, 0.15) is 5.56 Å². The fourth-order valence-corrected chi connectivity index (χ4v) is 1.13. The third kappa shape index (κ3) is 1.21. The van der Waals surface area contributed by atoms with Crippen LogP contribution in [0.5, 0.6) is 0 Å². The van der Waals surface area contributed by atoms with E-state index < -0.39 is 0 Å². The summed E-state index contributed by atoms with van der Waals surface area (Å²) in [4.78, 5) is 4.06. The van der Waals surface area contributed by atoms with Crippen LogP contribution in [-0.2, 0) is 0 Å². The molecule has 0 aliphatic heterocycles. The standard InChI is InChI=1S/C9H9N3/c1-7-3-2-4-8(5-7)9-10-6-11-12-9/h2-6H,1H3,(H,10,11,12). The minimum absolute atomic E-state index is 0.749. The monoisotopic (exact) mass is 159 g/mol. The van der Waals surface area contributed by atoms with E-state index in [0.717, 1.165) is 11.4 Å². The summed E-state index contributed by atoms with van der Waals surface area (Å²) >= 11 is 0. The third-order valence-electron chi connectivity index (χ3n) is 1.69. The summed E-state index contributed by atoms with van der Waals surface area (Å²) in [6, 6.07) is 8.11. The lowest BCUT2D eigenvalue weighted by atomic mass is 10.1. The van der Waals surface area contributed by atoms with Crippen molar-refractivity contribution in [2.75, 3.05) is 0 Å². The number of nitrogens with zero attached hydrogens (tertiary/aromatic N) is 2. The summed E-state index contributed by atoms with van der Waals surface area (Å²) in [6.45, 7) is 2.05. The van der Waals surface area contributed by atoms with Crippen molar-refractivity contribution in [2.45, 2.75) is 6.92 Å². The first-order valence-corrected chi connectivity index (χ1v) is 3.79. The molecule has 3 nitrogen and oxygen atoms in total. The van der Waals surface area contributed by atoms with Crippen molar-refractivity contribution >= 4 is 0 Å². The van der Waals surface area contributed by atoms with Gasteiger partial charge in [-0.2, -0.15) is 5.10 Å². The molecule has 1 aromatic heterocycles. The Morgan fingerprint density at radius 3 is 2.92 bits per heavy atom. The smallest absolute Gasteiger partial charge is 0.180 e. The van der Waals surface area contributed by atoms with Gasteiger partial charge in [-0.3, -0.25) is 5.10 Å². The van der Waals surface area contributed by atoms with Crippen molar-refractivity contribution in [3.63, 3.8) is 0 Å². The lowest BCUT2D eigenvalue weighted by Crippen LogP contribution is -1.81. The lowest BCUT2D eigenvalue weighted by Gasteiger charge is -1.95. The molecule has 0 amide bonds. The van der Waals surface area contributed by atoms with Gasteiger partial charge >= 0.3 is 0 Å². The maximum atomic E-state index is 4.06. The Hall–Kier alpha value is -1.64. The minimum Gasteiger partial charge on any atom is -0.265 e. The Balaban J connectivity index is 2.48. The molecule has 1 heterocycles. The van der Waals surface area contributed by atoms with Crippen molar-refractivity contribution in [1.29, 1.82) is 0 Å². The van der Waals surface area contributed by atoms with E-state index in [-0.39, 0.29) is 0 Å². The van der Waals surface area contributed by atoms with E-state index in [9.17, 15) is 0 Å². The van der Waals surface area contributed by atoms with Crippen molar-refractivity contribution in [1.82, 2.24) is 15.2 Å². The molecule has 0 aliphatic carbocycles. The Morgan fingerprint density at radius 1 is 1.33 bits per heavy atom. The number of aromatic amines is 1. The zero-order valence-electron chi connectivity index (χ0n) is 6.78. The summed E-state index contributed by atoms with van der Waals surface area (Å²) in [5.74, 6) is 0.749. The molecule has 60 valence electrons. The maximum Gasteiger partial charge on any atom is 0.180 e. The number of nitrogens with one attached hydrogen (secondary N) is 1. The van der Waals surface area contributed by atoms with E-state index >= 15 is 0 Å². The van der Waals surface area contributed by atoms with E-state index in [1.54, 1.807) is 6.33 Å². The van der Waals surface area contributed by atoms with Gasteiger partial charge in [0.15, 0.2) is 5.82 Å². The van der Waals surface area contributed by atoms with Gasteiger partial charge < -0.3 is 0 Å². The van der Waals surface area contributed by atoms with Crippen LogP contribution in [0.15, 0.2) is 30.6 Å². The quantitative estimate of drug-likeness (QED) is 0.689. The van der Waals surface area contributed by atoms with Crippen LogP contribution in [0, 0.1) is 6.92 Å². The van der Waals surface area contributed by atoms with Gasteiger partial charge in [0, 0.05) is 5.56 Å². The summed E-state index contributed by atoms with van der Waals surface area (Å²) in [7, 11) is 0. The molecule has 0 radical (unpaired) electrons. The van der Waals surface area contributed by atoms with Crippen molar-refractivity contribution in [3.8, 4) is 11.4 Å². The first kappa shape index (κ1) is 7.03. The summed E-state index contributed by atoms with van der Waals surface area (Å²) < 4.78 is 0. The number of H-pyrrole nitrogens is 1. The van der Waals surface area contributed by atoms with Crippen LogP contribution >= 0.6 is 0 Å². The second-order valence-electron chi connectivity index (χ2n) is 2.69. The molecule has 0 aliphatic rings. The number of hydrogen-bond donors (Lipinski definition) is 1. The molecule has 1 aromatic carbocycles. The molecule has 3 heteroatoms. The van der Waals surface area contributed by atoms with Crippen LogP contribution in [-0.4, -0.2) is 15.2 Å². The van der Waals surface area contributed by atoms with Crippen molar-refractivity contribution < 1.29 is 0 Å². The molecular weight excluding hydrogens is 150 g/mol. The van der Waals surface area contributed by atoms with Gasteiger partial charge in [0.05, 0.1) is 0 Å². The fraction of sp³-hybridized carbons (Fsp3) is 0.111. The minimum atomic E-state index is 0.749. The molecule has 2 aromatic rings. The largest absolute Gasteiger partial charge is 0.265 e. The maximum absolute atomic E-state index is 4.06. The fourth-order valence-electron chi connectivity index (χ4n) is 1.13. The van der Waals surface area contributed by atoms with E-state index in [2.05, 4.69) is 34.2 Å². The molecule has 2 rings (SSSR count). The zero-order chi connectivity index (χ0) is 8.39. The van der Waals surface area contributed by atoms with Gasteiger partial charge in [0.25, 0.3) is 0 Å². The highest BCUT2D eigenvalue weighted by Crippen LogP contribution is 2.14. The third-order valence-corrected chi connectivity index (χ3v) is 1.69. The summed E-state index contributed by atoms with van der Waals surface area (Å²) in [6.07, 6.45) is 1.58. The van der Waals surface area contributed by atoms with Crippen molar-refractivity contribution in [3.05, 3.63) is 36.2 Å². The Kier molecular flexibility index (Phi) is 1.63. The topological polar surface area (TPSA) is 41.6 Å². The number of aryl methyl sites for hydroxylation is 1. The molecule has 1 N–H and O–H groups in total. The normalized spacial score (nSPS) is 10.1. The Morgan fingerprint density at radius 2 is 2.25 bits per heavy atom. The van der Waals surface area contributed by atoms with Gasteiger partial charge in [0.1, 0.15) is 6.33 Å². The molecule has 0 unspecified atom stereocenters. The highest BCUT2D eigenvalue weighted by Gasteiger charge is 1.99. The van der Waals surface area contributed by atoms with Crippen LogP contribution in [0.2, 0.25) is 0 Å². The van der Waals surface area contributed by atoms with Crippen molar-refractivity contribution in [2.24, 2.45) is 0 Å². The van der Waals surface area contributed by atoms with E-state index in [1.807, 2.05) is 12.1 Å². The zero-order valence-corrected chi connectivity index (χ0v) is 6.78. The number of rotatable bonds is 1. The Bertz CT molecular complexity index is 365. The first-order valence-electron chi connectivity index (χ1n) is 3.79. The highest BCUT2D eigenvalue weighted by molar-refractivity contribution is 5.54. The molecule has 0 saturated heterocycles. The molecular formula is C9H9N3. The van der Waals surface area contributed by atoms with Crippen LogP contribution in [0.25, 0.3) is 11.4 Å². The molecule has 0 spiro atoms. The second-order valence-corrected chi connectivity index (χ2v) is 2.69. The Labute approximate surface area is 70.5 Å². The van der Waals surface area contributed by atoms with Gasteiger partial charge in [-0.05, 0) is 13.0 Å². The van der Waals surface area contributed by atoms with Crippen LogP contribution in [0.4, 0.5) is 0 Å².